The van der Waals surface area contributed by atoms with Crippen molar-refractivity contribution in [3.63, 3.8) is 0 Å². The Kier molecular flexibility index (Phi) is 7.65. The minimum Gasteiger partial charge on any atom is -0.456 e. The first-order valence-electron chi connectivity index (χ1n) is 19.3. The average Bonchev–Trinajstić information content (AvgIpc) is 3.87. The standard InChI is InChI=1S/C54H35NO2/c1-2-13-46(52-34-42-31-38-17-5-6-18-40(38)33-51(42)56-52)45-22-9-10-23-48(45)55(43-20-11-19-39(32-43)41-27-26-35-14-3-4-16-37(35)30-41)49-24-12-25-50-53(49)47-29-28-36-15-7-8-21-44(36)54(47)57-50/h2-34H,1H2/b46-13-. The summed E-state index contributed by atoms with van der Waals surface area (Å²) in [6.45, 7) is 4.16. The summed E-state index contributed by atoms with van der Waals surface area (Å²) < 4.78 is 13.5. The Hall–Kier alpha value is -7.62. The van der Waals surface area contributed by atoms with Gasteiger partial charge in [0.15, 0.2) is 0 Å². The van der Waals surface area contributed by atoms with E-state index in [1.54, 1.807) is 0 Å². The van der Waals surface area contributed by atoms with Crippen molar-refractivity contribution in [3.05, 3.63) is 218 Å². The maximum atomic E-state index is 6.75. The van der Waals surface area contributed by atoms with Crippen LogP contribution in [0.5, 0.6) is 0 Å². The van der Waals surface area contributed by atoms with Gasteiger partial charge in [-0.05, 0) is 98.7 Å². The van der Waals surface area contributed by atoms with E-state index in [0.717, 1.165) is 94.2 Å². The summed E-state index contributed by atoms with van der Waals surface area (Å²) in [6.07, 6.45) is 3.90. The van der Waals surface area contributed by atoms with Crippen molar-refractivity contribution in [2.75, 3.05) is 4.90 Å². The van der Waals surface area contributed by atoms with Gasteiger partial charge < -0.3 is 13.7 Å². The van der Waals surface area contributed by atoms with Crippen molar-refractivity contribution in [3.8, 4) is 11.1 Å². The highest BCUT2D eigenvalue weighted by molar-refractivity contribution is 6.20. The lowest BCUT2D eigenvalue weighted by atomic mass is 9.97. The van der Waals surface area contributed by atoms with Gasteiger partial charge in [0, 0.05) is 33.0 Å². The summed E-state index contributed by atoms with van der Waals surface area (Å²) in [4.78, 5) is 2.38. The van der Waals surface area contributed by atoms with Crippen LogP contribution >= 0.6 is 0 Å². The molecule has 0 spiro atoms. The van der Waals surface area contributed by atoms with Gasteiger partial charge in [-0.2, -0.15) is 0 Å². The first-order valence-corrected chi connectivity index (χ1v) is 19.3. The molecule has 11 rings (SSSR count). The third-order valence-corrected chi connectivity index (χ3v) is 11.2. The lowest BCUT2D eigenvalue weighted by Gasteiger charge is -2.29. The van der Waals surface area contributed by atoms with Gasteiger partial charge in [0.2, 0.25) is 0 Å². The van der Waals surface area contributed by atoms with E-state index in [9.17, 15) is 0 Å². The highest BCUT2D eigenvalue weighted by atomic mass is 16.3. The molecule has 3 nitrogen and oxygen atoms in total. The molecule has 3 heteroatoms. The predicted molar refractivity (Wildman–Crippen MR) is 240 cm³/mol. The molecule has 0 radical (unpaired) electrons. The molecule has 9 aromatic carbocycles. The van der Waals surface area contributed by atoms with Crippen LogP contribution in [0.3, 0.4) is 0 Å². The van der Waals surface area contributed by atoms with E-state index in [1.807, 2.05) is 6.08 Å². The summed E-state index contributed by atoms with van der Waals surface area (Å²) in [6, 6.07) is 66.7. The Balaban J connectivity index is 1.16. The molecule has 0 aliphatic rings. The Labute approximate surface area is 329 Å². The molecule has 0 aliphatic carbocycles. The van der Waals surface area contributed by atoms with E-state index in [4.69, 9.17) is 8.83 Å². The van der Waals surface area contributed by atoms with Gasteiger partial charge in [-0.25, -0.2) is 0 Å². The topological polar surface area (TPSA) is 29.5 Å². The van der Waals surface area contributed by atoms with Crippen molar-refractivity contribution in [1.82, 2.24) is 0 Å². The number of allylic oxidation sites excluding steroid dienone is 2. The van der Waals surface area contributed by atoms with E-state index >= 15 is 0 Å². The van der Waals surface area contributed by atoms with Gasteiger partial charge >= 0.3 is 0 Å². The number of rotatable bonds is 7. The van der Waals surface area contributed by atoms with Gasteiger partial charge in [0.05, 0.1) is 16.8 Å². The van der Waals surface area contributed by atoms with Gasteiger partial charge in [-0.3, -0.25) is 0 Å². The third-order valence-electron chi connectivity index (χ3n) is 11.2. The zero-order chi connectivity index (χ0) is 37.9. The molecular weight excluding hydrogens is 695 g/mol. The minimum absolute atomic E-state index is 0.774. The molecule has 0 bridgehead atoms. The quantitative estimate of drug-likeness (QED) is 0.153. The molecule has 0 aliphatic heterocycles. The Morgan fingerprint density at radius 3 is 2.00 bits per heavy atom. The number of nitrogens with zero attached hydrogens (tertiary/aromatic N) is 1. The molecule has 57 heavy (non-hydrogen) atoms. The third kappa shape index (κ3) is 5.51. The van der Waals surface area contributed by atoms with Crippen molar-refractivity contribution in [2.24, 2.45) is 0 Å². The first-order chi connectivity index (χ1) is 28.2. The normalized spacial score (nSPS) is 12.0. The van der Waals surface area contributed by atoms with E-state index in [0.29, 0.717) is 0 Å². The van der Waals surface area contributed by atoms with Crippen LogP contribution in [0.2, 0.25) is 0 Å². The van der Waals surface area contributed by atoms with E-state index in [1.165, 1.54) is 16.2 Å². The fourth-order valence-electron chi connectivity index (χ4n) is 8.50. The van der Waals surface area contributed by atoms with Gasteiger partial charge in [0.25, 0.3) is 0 Å². The minimum atomic E-state index is 0.774. The molecule has 0 saturated carbocycles. The molecule has 11 aromatic rings. The Bertz CT molecular complexity index is 3340. The second kappa shape index (κ2) is 13.3. The summed E-state index contributed by atoms with van der Waals surface area (Å²) in [5.74, 6) is 0.774. The molecule has 0 N–H and O–H groups in total. The molecular formula is C54H35NO2. The monoisotopic (exact) mass is 729 g/mol. The number of anilines is 3. The lowest BCUT2D eigenvalue weighted by Crippen LogP contribution is -2.12. The molecule has 0 amide bonds. The number of para-hydroxylation sites is 1. The zero-order valence-electron chi connectivity index (χ0n) is 31.0. The van der Waals surface area contributed by atoms with Crippen LogP contribution in [-0.2, 0) is 0 Å². The predicted octanol–water partition coefficient (Wildman–Crippen LogP) is 15.5. The van der Waals surface area contributed by atoms with Crippen LogP contribution in [0.1, 0.15) is 11.3 Å². The van der Waals surface area contributed by atoms with Crippen molar-refractivity contribution in [1.29, 1.82) is 0 Å². The summed E-state index contributed by atoms with van der Waals surface area (Å²) >= 11 is 0. The van der Waals surface area contributed by atoms with Crippen LogP contribution in [0.15, 0.2) is 216 Å². The molecule has 0 fully saturated rings. The lowest BCUT2D eigenvalue weighted by molar-refractivity contribution is 0.601. The highest BCUT2D eigenvalue weighted by Crippen LogP contribution is 2.47. The second-order valence-electron chi connectivity index (χ2n) is 14.5. The smallest absolute Gasteiger partial charge is 0.143 e. The Morgan fingerprint density at radius 1 is 0.456 bits per heavy atom. The number of hydrogen-bond acceptors (Lipinski definition) is 3. The molecule has 2 aromatic heterocycles. The van der Waals surface area contributed by atoms with E-state index in [2.05, 4.69) is 206 Å². The van der Waals surface area contributed by atoms with Gasteiger partial charge in [-0.15, -0.1) is 0 Å². The number of benzene rings is 9. The van der Waals surface area contributed by atoms with Crippen LogP contribution in [-0.4, -0.2) is 0 Å². The molecule has 0 unspecified atom stereocenters. The fourth-order valence-corrected chi connectivity index (χ4v) is 8.50. The van der Waals surface area contributed by atoms with Crippen LogP contribution < -0.4 is 4.90 Å². The molecule has 2 heterocycles. The fraction of sp³-hybridized carbons (Fsp3) is 0. The van der Waals surface area contributed by atoms with Gasteiger partial charge in [0.1, 0.15) is 22.5 Å². The van der Waals surface area contributed by atoms with Crippen LogP contribution in [0.25, 0.3) is 81.9 Å². The SMILES string of the molecule is C=C/C=C(\c1cc2cc3ccccc3cc2o1)c1ccccc1N(c1cccc(-c2ccc3ccccc3c2)c1)c1cccc2oc3c4ccccc4ccc3c12. The van der Waals surface area contributed by atoms with Crippen molar-refractivity contribution < 1.29 is 8.83 Å². The van der Waals surface area contributed by atoms with E-state index < -0.39 is 0 Å². The van der Waals surface area contributed by atoms with E-state index in [-0.39, 0.29) is 0 Å². The summed E-state index contributed by atoms with van der Waals surface area (Å²) in [7, 11) is 0. The maximum absolute atomic E-state index is 6.75. The zero-order valence-corrected chi connectivity index (χ0v) is 31.0. The number of furan rings is 2. The first kappa shape index (κ1) is 32.8. The Morgan fingerprint density at radius 2 is 1.14 bits per heavy atom. The van der Waals surface area contributed by atoms with Gasteiger partial charge in [-0.1, -0.05) is 146 Å². The number of hydrogen-bond donors (Lipinski definition) is 0. The highest BCUT2D eigenvalue weighted by Gasteiger charge is 2.24. The maximum Gasteiger partial charge on any atom is 0.143 e. The van der Waals surface area contributed by atoms with Crippen LogP contribution in [0.4, 0.5) is 17.1 Å². The molecule has 0 saturated heterocycles. The van der Waals surface area contributed by atoms with Crippen molar-refractivity contribution >= 4 is 87.9 Å². The number of fused-ring (bicyclic) bond motifs is 8. The van der Waals surface area contributed by atoms with Crippen LogP contribution in [0, 0.1) is 0 Å². The second-order valence-corrected chi connectivity index (χ2v) is 14.5. The largest absolute Gasteiger partial charge is 0.456 e. The molecule has 0 atom stereocenters. The van der Waals surface area contributed by atoms with Crippen molar-refractivity contribution in [2.45, 2.75) is 0 Å². The average molecular weight is 730 g/mol. The summed E-state index contributed by atoms with van der Waals surface area (Å²) in [5.41, 5.74) is 9.81. The summed E-state index contributed by atoms with van der Waals surface area (Å²) in [5, 5.41) is 10.2. The molecule has 268 valence electrons.